The van der Waals surface area contributed by atoms with Gasteiger partial charge in [0.1, 0.15) is 58.7 Å². The summed E-state index contributed by atoms with van der Waals surface area (Å²) in [4.78, 5) is 150. The van der Waals surface area contributed by atoms with E-state index >= 15 is 0 Å². The minimum absolute atomic E-state index is 0.0256. The maximum atomic E-state index is 15.0. The number of nitro benzene ring substituents is 2. The molecule has 0 spiro atoms. The van der Waals surface area contributed by atoms with Crippen LogP contribution in [0.4, 0.5) is 21.0 Å². The zero-order valence-corrected chi connectivity index (χ0v) is 63.9. The number of hydrogen-bond acceptors (Lipinski definition) is 22. The Morgan fingerprint density at radius 1 is 0.589 bits per heavy atom. The highest BCUT2D eigenvalue weighted by Gasteiger charge is 2.63. The summed E-state index contributed by atoms with van der Waals surface area (Å²) in [7, 11) is -3.96. The number of nitro groups is 2. The van der Waals surface area contributed by atoms with E-state index in [0.717, 1.165) is 16.2 Å². The van der Waals surface area contributed by atoms with Gasteiger partial charge in [-0.15, -0.1) is 0 Å². The number of carbonyl (C=O) groups is 8. The van der Waals surface area contributed by atoms with Crippen molar-refractivity contribution < 1.29 is 80.7 Å². The largest absolute Gasteiger partial charge is 0.479 e. The number of allylic oxidation sites excluding steroid dienone is 2. The van der Waals surface area contributed by atoms with Crippen molar-refractivity contribution >= 4 is 90.6 Å². The summed E-state index contributed by atoms with van der Waals surface area (Å²) in [5, 5.41) is 47.7. The molecule has 3 aliphatic carbocycles. The first-order valence-electron chi connectivity index (χ1n) is 37.5. The molecule has 594 valence electrons. The molecule has 2 aromatic heterocycles. The summed E-state index contributed by atoms with van der Waals surface area (Å²) in [6, 6.07) is 26.3. The number of sulfonamides is 1. The van der Waals surface area contributed by atoms with Gasteiger partial charge < -0.3 is 55.1 Å². The van der Waals surface area contributed by atoms with Crippen LogP contribution in [-0.2, 0) is 61.4 Å². The first kappa shape index (κ1) is 80.3. The lowest BCUT2D eigenvalue weighted by atomic mass is 10.1. The lowest BCUT2D eigenvalue weighted by Gasteiger charge is -2.33. The topological polar surface area (TPSA) is 413 Å². The van der Waals surface area contributed by atoms with E-state index in [9.17, 15) is 72.1 Å². The van der Waals surface area contributed by atoms with E-state index in [1.807, 2.05) is 82.6 Å². The number of carboxylic acids is 1. The van der Waals surface area contributed by atoms with E-state index in [0.29, 0.717) is 74.0 Å². The molecule has 7 aliphatic rings. The second-order valence-corrected chi connectivity index (χ2v) is 33.4. The third-order valence-electron chi connectivity index (χ3n) is 20.7. The molecule has 33 heteroatoms. The van der Waals surface area contributed by atoms with Crippen LogP contribution in [0.25, 0.3) is 21.5 Å². The highest BCUT2D eigenvalue weighted by atomic mass is 32.2. The lowest BCUT2D eigenvalue weighted by molar-refractivity contribution is -0.385. The molecular formula is C79H93N13O19S. The highest BCUT2D eigenvalue weighted by Crippen LogP contribution is 2.47. The van der Waals surface area contributed by atoms with Crippen LogP contribution in [0, 0.1) is 32.1 Å². The molecule has 4 aromatic carbocycles. The van der Waals surface area contributed by atoms with Gasteiger partial charge in [0.05, 0.1) is 28.2 Å². The van der Waals surface area contributed by atoms with Gasteiger partial charge in [-0.3, -0.25) is 58.7 Å². The highest BCUT2D eigenvalue weighted by molar-refractivity contribution is 7.91. The van der Waals surface area contributed by atoms with Crippen LogP contribution in [0.3, 0.4) is 0 Å². The van der Waals surface area contributed by atoms with E-state index in [1.165, 1.54) is 21.9 Å². The Hall–Kier alpha value is -11.2. The van der Waals surface area contributed by atoms with Gasteiger partial charge in [-0.1, -0.05) is 97.1 Å². The second kappa shape index (κ2) is 33.4. The van der Waals surface area contributed by atoms with Crippen LogP contribution < -0.4 is 35.5 Å². The van der Waals surface area contributed by atoms with Crippen molar-refractivity contribution in [2.24, 2.45) is 11.8 Å². The van der Waals surface area contributed by atoms with Gasteiger partial charge >= 0.3 is 18.2 Å². The predicted molar refractivity (Wildman–Crippen MR) is 408 cm³/mol. The Labute approximate surface area is 646 Å². The average molecular weight is 1560 g/mol. The minimum Gasteiger partial charge on any atom is -0.479 e. The normalized spacial score (nSPS) is 25.9. The molecule has 6 N–H and O–H groups in total. The number of hydrogen-bond donors (Lipinski definition) is 6. The van der Waals surface area contributed by atoms with Gasteiger partial charge in [0, 0.05) is 97.3 Å². The lowest BCUT2D eigenvalue weighted by Crippen LogP contribution is -2.59. The van der Waals surface area contributed by atoms with Crippen LogP contribution in [0.1, 0.15) is 117 Å². The maximum absolute atomic E-state index is 15.0. The minimum atomic E-state index is -3.96. The summed E-state index contributed by atoms with van der Waals surface area (Å²) in [6.07, 6.45) is 10.6. The molecule has 13 rings (SSSR count). The number of para-hydroxylation sites is 2. The number of amides is 7. The Bertz CT molecular complexity index is 4790. The van der Waals surface area contributed by atoms with Crippen LogP contribution in [0.15, 0.2) is 146 Å². The van der Waals surface area contributed by atoms with E-state index in [1.54, 1.807) is 102 Å². The van der Waals surface area contributed by atoms with Crippen molar-refractivity contribution in [1.82, 2.24) is 55.6 Å². The fraction of sp³-hybridized carbons (Fsp3) is 0.468. The number of carboxylic acid groups (broad SMARTS) is 1. The number of ether oxygens (including phenoxy) is 4. The molecular weight excluding hydrogens is 1470 g/mol. The SMILES string of the molecule is CC(C)(C)OC(=O)N[C@H]1CN(Cc2ccccc2[N+](=O)[O-])CCC/C=C\[C@@H]2C[C@@]2(C(=O)NS(=O)(=O)C2CC2)NC(=O)[C@@H]2C[C@@H](Oc3nccc4ccccc34)CN2C1=O.CC(C)(C)OC(=O)N[C@H]1CN(Cc2ccccc2[N+](=O)[O-])CCC/C=C\[C@@H]2C[C@@]2(C(=O)O)NC(=O)[C@@H]2C[C@@H](Oc3nccc4ccccc34)CN2C1=O. The predicted octanol–water partition coefficient (Wildman–Crippen LogP) is 7.92. The molecule has 10 atom stereocenters. The molecule has 6 heterocycles. The number of benzene rings is 4. The fourth-order valence-corrected chi connectivity index (χ4v) is 16.2. The van der Waals surface area contributed by atoms with Crippen molar-refractivity contribution in [3.8, 4) is 11.8 Å². The molecule has 3 saturated carbocycles. The molecule has 6 aromatic rings. The molecule has 0 bridgehead atoms. The first-order chi connectivity index (χ1) is 53.3. The monoisotopic (exact) mass is 1560 g/mol. The number of carbonyl (C=O) groups excluding carboxylic acids is 7. The molecule has 0 unspecified atom stereocenters. The third kappa shape index (κ3) is 19.4. The number of nitrogens with zero attached hydrogens (tertiary/aromatic N) is 8. The number of aromatic nitrogens is 2. The van der Waals surface area contributed by atoms with Crippen LogP contribution in [0.5, 0.6) is 11.8 Å². The van der Waals surface area contributed by atoms with Gasteiger partial charge in [0.15, 0.2) is 0 Å². The van der Waals surface area contributed by atoms with Gasteiger partial charge in [-0.2, -0.15) is 0 Å². The number of alkyl carbamates (subject to hydrolysis) is 2. The van der Waals surface area contributed by atoms with Crippen molar-refractivity contribution in [2.75, 3.05) is 39.3 Å². The zero-order valence-electron chi connectivity index (χ0n) is 63.1. The van der Waals surface area contributed by atoms with Crippen molar-refractivity contribution in [2.45, 2.75) is 183 Å². The Balaban J connectivity index is 0.000000209. The van der Waals surface area contributed by atoms with Crippen LogP contribution >= 0.6 is 0 Å². The number of fused-ring (bicyclic) bond motifs is 6. The fourth-order valence-electron chi connectivity index (χ4n) is 14.8. The Morgan fingerprint density at radius 3 is 1.43 bits per heavy atom. The van der Waals surface area contributed by atoms with Gasteiger partial charge in [0.2, 0.25) is 45.4 Å². The second-order valence-electron chi connectivity index (χ2n) is 31.4. The van der Waals surface area contributed by atoms with Gasteiger partial charge in [0.25, 0.3) is 17.3 Å². The van der Waals surface area contributed by atoms with Crippen molar-refractivity contribution in [3.05, 3.63) is 177 Å². The van der Waals surface area contributed by atoms with E-state index in [4.69, 9.17) is 18.9 Å². The summed E-state index contributed by atoms with van der Waals surface area (Å²) >= 11 is 0. The quantitative estimate of drug-likeness (QED) is 0.0304. The summed E-state index contributed by atoms with van der Waals surface area (Å²) < 4.78 is 51.9. The van der Waals surface area contributed by atoms with E-state index < -0.39 is 143 Å². The molecule has 2 saturated heterocycles. The summed E-state index contributed by atoms with van der Waals surface area (Å²) in [5.74, 6) is -5.03. The number of pyridine rings is 2. The molecule has 112 heavy (non-hydrogen) atoms. The van der Waals surface area contributed by atoms with E-state index in [-0.39, 0.29) is 82.2 Å². The molecule has 5 fully saturated rings. The third-order valence-corrected chi connectivity index (χ3v) is 22.5. The Kier molecular flexibility index (Phi) is 24.0. The molecule has 32 nitrogen and oxygen atoms in total. The average Bonchev–Trinajstić information content (AvgIpc) is 1.57. The number of aliphatic carboxylic acids is 1. The molecule has 0 radical (unpaired) electrons. The number of nitrogens with one attached hydrogen (secondary N) is 5. The summed E-state index contributed by atoms with van der Waals surface area (Å²) in [6.45, 7) is 10.6. The summed E-state index contributed by atoms with van der Waals surface area (Å²) in [5.41, 5.74) is -4.28. The number of rotatable bonds is 16. The zero-order chi connectivity index (χ0) is 80.0. The van der Waals surface area contributed by atoms with Gasteiger partial charge in [-0.05, 0) is 141 Å². The van der Waals surface area contributed by atoms with Crippen molar-refractivity contribution in [1.29, 1.82) is 0 Å². The Morgan fingerprint density at radius 2 is 1.00 bits per heavy atom. The van der Waals surface area contributed by atoms with Crippen LogP contribution in [0.2, 0.25) is 0 Å². The van der Waals surface area contributed by atoms with Crippen molar-refractivity contribution in [3.63, 3.8) is 0 Å². The molecule has 7 amide bonds. The van der Waals surface area contributed by atoms with Crippen LogP contribution in [-0.4, -0.2) is 204 Å². The standard InChI is InChI=1S/C41H49N7O10S.C38H44N6O9/c1-40(2,3)58-39(52)43-32-25-46(23-27-12-7-9-15-33(27)48(53)54)20-10-4-5-13-28-22-41(28,38(51)45-59(55,56)30-16-17-30)44-35(49)34-21-29(24-47(34)37(32)50)57-36-31-14-8-6-11-26(31)18-19-42-36;1-37(2,3)53-36(49)40-29-23-42(21-25-12-7-9-15-30(25)44(50)51)18-10-4-5-13-26-20-38(26,35(47)48)41-32(45)31-19-27(22-43(31)34(29)46)52-33-28-14-8-6-11-24(28)16-17-39-33/h5-9,11-15,18-19,28-30,32,34H,4,10,16-17,20-25H2,1-3H3,(H,43,52)(H,44,49)(H,45,51);5-9,11-17,26-27,29,31H,4,10,18-23H2,1-3H3,(H,40,49)(H,41,45)(H,47,48)/b2*13-5-/t28-,29-,32+,34+,41-;26-,27-,29+,31+,38-/m11/s1. The first-order valence-corrected chi connectivity index (χ1v) is 39.1. The van der Waals surface area contributed by atoms with E-state index in [2.05, 4.69) is 36.0 Å². The smallest absolute Gasteiger partial charge is 0.408 e. The molecule has 4 aliphatic heterocycles. The van der Waals surface area contributed by atoms with Gasteiger partial charge in [-0.25, -0.2) is 32.8 Å². The maximum Gasteiger partial charge on any atom is 0.408 e.